The number of hydrogen-bond acceptors (Lipinski definition) is 7. The highest BCUT2D eigenvalue weighted by atomic mass is 16.2. The van der Waals surface area contributed by atoms with E-state index < -0.39 is 0 Å². The lowest BCUT2D eigenvalue weighted by molar-refractivity contribution is -0.136. The Hall–Kier alpha value is -3.93. The molecule has 0 saturated carbocycles. The first-order chi connectivity index (χ1) is 18.0. The van der Waals surface area contributed by atoms with Crippen LogP contribution >= 0.6 is 0 Å². The van der Waals surface area contributed by atoms with E-state index in [1.165, 1.54) is 6.08 Å². The maximum absolute atomic E-state index is 12.0. The molecule has 3 aliphatic heterocycles. The second-order valence-electron chi connectivity index (χ2n) is 10.0. The van der Waals surface area contributed by atoms with Gasteiger partial charge in [0.2, 0.25) is 11.9 Å². The number of nitrogens with zero attached hydrogens (tertiary/aromatic N) is 7. The molecular weight excluding hydrogens is 464 g/mol. The smallest absolute Gasteiger partial charge is 0.245 e. The number of nitrogens with one attached hydrogen (secondary N) is 1. The summed E-state index contributed by atoms with van der Waals surface area (Å²) in [5.41, 5.74) is 4.10. The van der Waals surface area contributed by atoms with Gasteiger partial charge in [-0.2, -0.15) is 15.3 Å². The molecule has 1 amide bonds. The molecule has 0 atom stereocenters. The van der Waals surface area contributed by atoms with Gasteiger partial charge >= 0.3 is 0 Å². The van der Waals surface area contributed by atoms with Crippen molar-refractivity contribution in [3.63, 3.8) is 0 Å². The second kappa shape index (κ2) is 9.85. The first kappa shape index (κ1) is 24.8. The van der Waals surface area contributed by atoms with Gasteiger partial charge in [0.1, 0.15) is 11.6 Å². The molecule has 0 unspecified atom stereocenters. The Balaban J connectivity index is 0.00000137. The number of carbonyl (C=O) groups excluding carboxylic acids is 1. The number of nitriles is 1. The summed E-state index contributed by atoms with van der Waals surface area (Å²) < 4.78 is 0. The number of anilines is 2. The van der Waals surface area contributed by atoms with Crippen molar-refractivity contribution in [2.24, 2.45) is 5.41 Å². The lowest BCUT2D eigenvalue weighted by Gasteiger charge is -2.47. The van der Waals surface area contributed by atoms with Gasteiger partial charge in [0, 0.05) is 55.6 Å². The predicted molar refractivity (Wildman–Crippen MR) is 145 cm³/mol. The van der Waals surface area contributed by atoms with Crippen LogP contribution in [0, 0.1) is 23.7 Å². The van der Waals surface area contributed by atoms with Crippen molar-refractivity contribution in [2.75, 3.05) is 49.1 Å². The number of aromatic nitrogens is 4. The molecular formula is C28H34N8O. The molecule has 1 aromatic carbocycles. The van der Waals surface area contributed by atoms with E-state index in [0.717, 1.165) is 80.6 Å². The van der Waals surface area contributed by atoms with Gasteiger partial charge in [0.15, 0.2) is 5.82 Å². The first-order valence-corrected chi connectivity index (χ1v) is 13.2. The fourth-order valence-electron chi connectivity index (χ4n) is 5.87. The molecule has 0 bridgehead atoms. The molecule has 9 nitrogen and oxygen atoms in total. The molecule has 9 heteroatoms. The third kappa shape index (κ3) is 4.20. The molecule has 5 heterocycles. The molecule has 3 aromatic rings. The van der Waals surface area contributed by atoms with Gasteiger partial charge in [-0.15, -0.1) is 0 Å². The Morgan fingerprint density at radius 3 is 2.59 bits per heavy atom. The minimum atomic E-state index is -0.0175. The highest BCUT2D eigenvalue weighted by molar-refractivity contribution is 5.97. The van der Waals surface area contributed by atoms with Crippen LogP contribution in [0.1, 0.15) is 44.2 Å². The molecule has 1 spiro atoms. The van der Waals surface area contributed by atoms with Gasteiger partial charge in [-0.3, -0.25) is 9.89 Å². The molecule has 2 aromatic heterocycles. The minimum Gasteiger partial charge on any atom is -0.355 e. The van der Waals surface area contributed by atoms with Gasteiger partial charge < -0.3 is 14.7 Å². The van der Waals surface area contributed by atoms with Gasteiger partial charge in [0.25, 0.3) is 0 Å². The average molecular weight is 499 g/mol. The van der Waals surface area contributed by atoms with E-state index in [1.54, 1.807) is 6.20 Å². The van der Waals surface area contributed by atoms with E-state index in [1.807, 2.05) is 37.8 Å². The van der Waals surface area contributed by atoms with Crippen molar-refractivity contribution in [3.05, 3.63) is 42.1 Å². The largest absolute Gasteiger partial charge is 0.355 e. The number of aryl methyl sites for hydroxylation is 1. The van der Waals surface area contributed by atoms with Crippen LogP contribution in [-0.4, -0.2) is 70.2 Å². The van der Waals surface area contributed by atoms with Crippen LogP contribution in [-0.2, 0) is 4.79 Å². The molecule has 3 aliphatic rings. The van der Waals surface area contributed by atoms with E-state index in [2.05, 4.69) is 32.6 Å². The van der Waals surface area contributed by atoms with E-state index in [0.29, 0.717) is 23.0 Å². The van der Waals surface area contributed by atoms with Gasteiger partial charge in [-0.05, 0) is 43.9 Å². The number of carbonyl (C=O) groups is 1. The maximum atomic E-state index is 12.0. The van der Waals surface area contributed by atoms with E-state index >= 15 is 0 Å². The SMILES string of the molecule is C=CC(=O)N1CC2(CCN(c3nc(N4CCCC4)nc(-c4c(C)ccc5[nH]ncc45)c3C#N)C2)C1.CC. The standard InChI is InChI=1S/C26H28N8O.C2H6/c1-3-21(35)34-15-26(16-34)8-11-33(14-26)24-18(12-27)23(29-25(30-24)32-9-4-5-10-32)22-17(2)6-7-20-19(22)13-28-31-20;1-2/h3,6-7,13H,1,4-5,8-11,14-16H2,2H3,(H,28,31);1-2H3. The summed E-state index contributed by atoms with van der Waals surface area (Å²) in [5, 5.41) is 18.6. The van der Waals surface area contributed by atoms with Crippen molar-refractivity contribution in [2.45, 2.75) is 40.0 Å². The lowest BCUT2D eigenvalue weighted by atomic mass is 9.79. The number of aromatic amines is 1. The number of fused-ring (bicyclic) bond motifs is 1. The summed E-state index contributed by atoms with van der Waals surface area (Å²) in [5.74, 6) is 1.37. The predicted octanol–water partition coefficient (Wildman–Crippen LogP) is 4.05. The molecule has 0 radical (unpaired) electrons. The first-order valence-electron chi connectivity index (χ1n) is 13.2. The van der Waals surface area contributed by atoms with E-state index in [4.69, 9.17) is 9.97 Å². The van der Waals surface area contributed by atoms with Crippen molar-refractivity contribution >= 4 is 28.6 Å². The summed E-state index contributed by atoms with van der Waals surface area (Å²) in [6.45, 7) is 14.5. The number of H-pyrrole nitrogens is 1. The summed E-state index contributed by atoms with van der Waals surface area (Å²) in [6.07, 6.45) is 6.38. The van der Waals surface area contributed by atoms with Crippen molar-refractivity contribution < 1.29 is 4.79 Å². The molecule has 3 saturated heterocycles. The van der Waals surface area contributed by atoms with Crippen molar-refractivity contribution in [1.29, 1.82) is 5.26 Å². The van der Waals surface area contributed by atoms with Gasteiger partial charge in [-0.1, -0.05) is 26.5 Å². The van der Waals surface area contributed by atoms with E-state index in [-0.39, 0.29) is 11.3 Å². The highest BCUT2D eigenvalue weighted by Crippen LogP contribution is 2.43. The van der Waals surface area contributed by atoms with Gasteiger partial charge in [0.05, 0.1) is 17.4 Å². The van der Waals surface area contributed by atoms with Crippen LogP contribution < -0.4 is 9.80 Å². The number of rotatable bonds is 4. The molecule has 1 N–H and O–H groups in total. The number of amides is 1. The van der Waals surface area contributed by atoms with Crippen LogP contribution in [0.2, 0.25) is 0 Å². The van der Waals surface area contributed by atoms with Crippen molar-refractivity contribution in [3.8, 4) is 17.3 Å². The average Bonchev–Trinajstić information content (AvgIpc) is 3.68. The summed E-state index contributed by atoms with van der Waals surface area (Å²) in [7, 11) is 0. The second-order valence-corrected chi connectivity index (χ2v) is 10.0. The third-order valence-electron chi connectivity index (χ3n) is 7.72. The Bertz CT molecular complexity index is 1370. The zero-order chi connectivity index (χ0) is 26.2. The Labute approximate surface area is 217 Å². The van der Waals surface area contributed by atoms with Crippen LogP contribution in [0.15, 0.2) is 31.0 Å². The normalized spacial score (nSPS) is 17.9. The van der Waals surface area contributed by atoms with E-state index in [9.17, 15) is 10.1 Å². The molecule has 0 aliphatic carbocycles. The zero-order valence-corrected chi connectivity index (χ0v) is 21.9. The van der Waals surface area contributed by atoms with Crippen LogP contribution in [0.4, 0.5) is 11.8 Å². The molecule has 3 fully saturated rings. The Morgan fingerprint density at radius 1 is 1.14 bits per heavy atom. The highest BCUT2D eigenvalue weighted by Gasteiger charge is 2.49. The lowest BCUT2D eigenvalue weighted by Crippen LogP contribution is -2.59. The fraction of sp³-hybridized carbons (Fsp3) is 0.464. The number of benzene rings is 1. The monoisotopic (exact) mass is 498 g/mol. The number of hydrogen-bond donors (Lipinski definition) is 1. The maximum Gasteiger partial charge on any atom is 0.245 e. The van der Waals surface area contributed by atoms with Crippen molar-refractivity contribution in [1.82, 2.24) is 25.1 Å². The third-order valence-corrected chi connectivity index (χ3v) is 7.72. The topological polar surface area (TPSA) is 105 Å². The number of likely N-dealkylation sites (tertiary alicyclic amines) is 1. The minimum absolute atomic E-state index is 0.0175. The zero-order valence-electron chi connectivity index (χ0n) is 21.9. The molecule has 37 heavy (non-hydrogen) atoms. The van der Waals surface area contributed by atoms with Crippen LogP contribution in [0.5, 0.6) is 0 Å². The van der Waals surface area contributed by atoms with Gasteiger partial charge in [-0.25, -0.2) is 4.98 Å². The summed E-state index contributed by atoms with van der Waals surface area (Å²) >= 11 is 0. The quantitative estimate of drug-likeness (QED) is 0.541. The molecule has 6 rings (SSSR count). The summed E-state index contributed by atoms with van der Waals surface area (Å²) in [6, 6.07) is 6.50. The fourth-order valence-corrected chi connectivity index (χ4v) is 5.87. The molecule has 192 valence electrons. The summed E-state index contributed by atoms with van der Waals surface area (Å²) in [4.78, 5) is 28.3. The Kier molecular flexibility index (Phi) is 6.59. The van der Waals surface area contributed by atoms with Crippen LogP contribution in [0.3, 0.4) is 0 Å². The van der Waals surface area contributed by atoms with Crippen LogP contribution in [0.25, 0.3) is 22.2 Å². The Morgan fingerprint density at radius 2 is 1.89 bits per heavy atom.